The van der Waals surface area contributed by atoms with Crippen LogP contribution in [0.4, 0.5) is 0 Å². The Hall–Kier alpha value is -1.13. The second-order valence-electron chi connectivity index (χ2n) is 5.25. The number of hydrogen-bond acceptors (Lipinski definition) is 4. The van der Waals surface area contributed by atoms with E-state index in [1.807, 2.05) is 6.07 Å². The second-order valence-corrected chi connectivity index (χ2v) is 7.60. The Balaban J connectivity index is 1.89. The number of rotatable bonds is 2. The zero-order chi connectivity index (χ0) is 14.3. The summed E-state index contributed by atoms with van der Waals surface area (Å²) in [5.41, 5.74) is 0.285. The van der Waals surface area contributed by atoms with Gasteiger partial charge < -0.3 is 5.32 Å². The van der Waals surface area contributed by atoms with Gasteiger partial charge in [-0.3, -0.25) is 0 Å². The van der Waals surface area contributed by atoms with Crippen LogP contribution in [-0.2, 0) is 10.0 Å². The summed E-state index contributed by atoms with van der Waals surface area (Å²) in [5.74, 6) is 0.803. The van der Waals surface area contributed by atoms with Crippen LogP contribution in [0.5, 0.6) is 0 Å². The molecule has 1 aromatic carbocycles. The van der Waals surface area contributed by atoms with Crippen molar-refractivity contribution in [2.45, 2.75) is 4.90 Å². The summed E-state index contributed by atoms with van der Waals surface area (Å²) in [5, 5.41) is 12.3. The van der Waals surface area contributed by atoms with Crippen molar-refractivity contribution in [2.24, 2.45) is 11.8 Å². The summed E-state index contributed by atoms with van der Waals surface area (Å²) in [7, 11) is -3.52. The molecule has 0 aromatic heterocycles. The monoisotopic (exact) mass is 311 g/mol. The topological polar surface area (TPSA) is 73.2 Å². The first-order valence-electron chi connectivity index (χ1n) is 6.43. The van der Waals surface area contributed by atoms with Crippen molar-refractivity contribution in [3.05, 3.63) is 28.8 Å². The van der Waals surface area contributed by atoms with Gasteiger partial charge >= 0.3 is 0 Å². The van der Waals surface area contributed by atoms with Gasteiger partial charge in [-0.1, -0.05) is 11.6 Å². The first-order valence-corrected chi connectivity index (χ1v) is 8.24. The minimum atomic E-state index is -3.52. The lowest BCUT2D eigenvalue weighted by molar-refractivity contribution is 0.448. The summed E-state index contributed by atoms with van der Waals surface area (Å²) >= 11 is 5.92. The van der Waals surface area contributed by atoms with E-state index in [0.29, 0.717) is 24.9 Å². The van der Waals surface area contributed by atoms with Gasteiger partial charge in [0.2, 0.25) is 10.0 Å². The number of nitriles is 1. The van der Waals surface area contributed by atoms with Crippen molar-refractivity contribution in [3.8, 4) is 6.07 Å². The number of nitrogens with zero attached hydrogens (tertiary/aromatic N) is 2. The van der Waals surface area contributed by atoms with Crippen LogP contribution in [0.1, 0.15) is 5.56 Å². The molecule has 2 aliphatic heterocycles. The maximum absolute atomic E-state index is 12.6. The molecule has 0 aliphatic carbocycles. The SMILES string of the molecule is N#Cc1ccc(S(=O)(=O)N2CC3CNCC3C2)cc1Cl. The normalized spacial score (nSPS) is 26.4. The highest BCUT2D eigenvalue weighted by Crippen LogP contribution is 2.31. The molecule has 2 aliphatic rings. The molecule has 2 unspecified atom stereocenters. The molecule has 5 nitrogen and oxygen atoms in total. The smallest absolute Gasteiger partial charge is 0.243 e. The van der Waals surface area contributed by atoms with Gasteiger partial charge in [-0.15, -0.1) is 0 Å². The molecule has 7 heteroatoms. The van der Waals surface area contributed by atoms with Crippen molar-refractivity contribution in [2.75, 3.05) is 26.2 Å². The molecule has 2 fully saturated rings. The van der Waals surface area contributed by atoms with Crippen LogP contribution >= 0.6 is 11.6 Å². The number of fused-ring (bicyclic) bond motifs is 1. The van der Waals surface area contributed by atoms with Crippen molar-refractivity contribution >= 4 is 21.6 Å². The average molecular weight is 312 g/mol. The first-order chi connectivity index (χ1) is 9.52. The highest BCUT2D eigenvalue weighted by molar-refractivity contribution is 7.89. The van der Waals surface area contributed by atoms with E-state index in [4.69, 9.17) is 16.9 Å². The molecular formula is C13H14ClN3O2S. The van der Waals surface area contributed by atoms with Crippen molar-refractivity contribution in [1.29, 1.82) is 5.26 Å². The molecule has 0 radical (unpaired) electrons. The molecule has 106 valence electrons. The van der Waals surface area contributed by atoms with Crippen LogP contribution in [0.15, 0.2) is 23.1 Å². The molecule has 2 saturated heterocycles. The molecule has 1 aromatic rings. The largest absolute Gasteiger partial charge is 0.316 e. The Morgan fingerprint density at radius 1 is 1.30 bits per heavy atom. The number of sulfonamides is 1. The van der Waals surface area contributed by atoms with Crippen molar-refractivity contribution in [3.63, 3.8) is 0 Å². The van der Waals surface area contributed by atoms with E-state index in [0.717, 1.165) is 13.1 Å². The van der Waals surface area contributed by atoms with E-state index in [1.165, 1.54) is 22.5 Å². The van der Waals surface area contributed by atoms with Crippen molar-refractivity contribution < 1.29 is 8.42 Å². The fourth-order valence-corrected chi connectivity index (χ4v) is 4.77. The lowest BCUT2D eigenvalue weighted by Crippen LogP contribution is -2.31. The Labute approximate surface area is 123 Å². The number of halogens is 1. The Kier molecular flexibility index (Phi) is 3.46. The molecule has 1 N–H and O–H groups in total. The third-order valence-corrected chi connectivity index (χ3v) is 6.20. The molecule has 0 amide bonds. The maximum Gasteiger partial charge on any atom is 0.243 e. The minimum absolute atomic E-state index is 0.162. The van der Waals surface area contributed by atoms with Crippen LogP contribution in [0.25, 0.3) is 0 Å². The standard InChI is InChI=1S/C13H14ClN3O2S/c14-13-3-12(2-1-9(13)4-15)20(18,19)17-7-10-5-16-6-11(10)8-17/h1-3,10-11,16H,5-8H2. The maximum atomic E-state index is 12.6. The fourth-order valence-electron chi connectivity index (χ4n) is 2.90. The molecule has 2 atom stereocenters. The van der Waals surface area contributed by atoms with Gasteiger partial charge in [-0.25, -0.2) is 8.42 Å². The van der Waals surface area contributed by atoms with E-state index in [9.17, 15) is 8.42 Å². The van der Waals surface area contributed by atoms with E-state index in [-0.39, 0.29) is 15.5 Å². The number of nitrogens with one attached hydrogen (secondary N) is 1. The molecule has 2 heterocycles. The Morgan fingerprint density at radius 3 is 2.50 bits per heavy atom. The van der Waals surface area contributed by atoms with Gasteiger partial charge in [-0.2, -0.15) is 9.57 Å². The number of hydrogen-bond donors (Lipinski definition) is 1. The molecular weight excluding hydrogens is 298 g/mol. The Morgan fingerprint density at radius 2 is 1.95 bits per heavy atom. The average Bonchev–Trinajstić information content (AvgIpc) is 2.99. The summed E-state index contributed by atoms with van der Waals surface area (Å²) in [6.45, 7) is 2.87. The predicted octanol–water partition coefficient (Wildman–Crippen LogP) is 1.05. The van der Waals surface area contributed by atoms with Gasteiger partial charge in [0.1, 0.15) is 6.07 Å². The van der Waals surface area contributed by atoms with E-state index < -0.39 is 10.0 Å². The van der Waals surface area contributed by atoms with E-state index >= 15 is 0 Å². The summed E-state index contributed by atoms with van der Waals surface area (Å²) in [6, 6.07) is 6.19. The Bertz CT molecular complexity index is 671. The third kappa shape index (κ3) is 2.21. The molecule has 0 saturated carbocycles. The summed E-state index contributed by atoms with van der Waals surface area (Å²) in [6.07, 6.45) is 0. The second kappa shape index (κ2) is 5.01. The molecule has 0 bridgehead atoms. The molecule has 3 rings (SSSR count). The molecule has 0 spiro atoms. The minimum Gasteiger partial charge on any atom is -0.316 e. The van der Waals surface area contributed by atoms with E-state index in [2.05, 4.69) is 5.32 Å². The lowest BCUT2D eigenvalue weighted by Gasteiger charge is -2.17. The summed E-state index contributed by atoms with van der Waals surface area (Å²) in [4.78, 5) is 0.162. The van der Waals surface area contributed by atoms with E-state index in [1.54, 1.807) is 0 Å². The first kappa shape index (κ1) is 13.8. The van der Waals surface area contributed by atoms with Crippen molar-refractivity contribution in [1.82, 2.24) is 9.62 Å². The zero-order valence-electron chi connectivity index (χ0n) is 10.7. The van der Waals surface area contributed by atoms with Gasteiger partial charge in [0.25, 0.3) is 0 Å². The van der Waals surface area contributed by atoms with Gasteiger partial charge in [0.05, 0.1) is 15.5 Å². The summed E-state index contributed by atoms with van der Waals surface area (Å²) < 4.78 is 26.7. The quantitative estimate of drug-likeness (QED) is 0.886. The van der Waals surface area contributed by atoms with Crippen LogP contribution in [0.3, 0.4) is 0 Å². The van der Waals surface area contributed by atoms with Crippen LogP contribution < -0.4 is 5.32 Å². The van der Waals surface area contributed by atoms with Crippen LogP contribution in [0, 0.1) is 23.2 Å². The highest BCUT2D eigenvalue weighted by atomic mass is 35.5. The zero-order valence-corrected chi connectivity index (χ0v) is 12.3. The van der Waals surface area contributed by atoms with Crippen LogP contribution in [0.2, 0.25) is 5.02 Å². The van der Waals surface area contributed by atoms with Crippen LogP contribution in [-0.4, -0.2) is 38.9 Å². The number of benzene rings is 1. The fraction of sp³-hybridized carbons (Fsp3) is 0.462. The third-order valence-electron chi connectivity index (χ3n) is 4.05. The molecule has 20 heavy (non-hydrogen) atoms. The van der Waals surface area contributed by atoms with Gasteiger partial charge in [-0.05, 0) is 43.1 Å². The lowest BCUT2D eigenvalue weighted by atomic mass is 10.0. The predicted molar refractivity (Wildman–Crippen MR) is 74.8 cm³/mol. The highest BCUT2D eigenvalue weighted by Gasteiger charge is 2.41. The van der Waals surface area contributed by atoms with Gasteiger partial charge in [0, 0.05) is 13.1 Å². The van der Waals surface area contributed by atoms with Gasteiger partial charge in [0.15, 0.2) is 0 Å².